The number of hydrogen-bond donors (Lipinski definition) is 2. The van der Waals surface area contributed by atoms with Gasteiger partial charge >= 0.3 is 5.97 Å². The van der Waals surface area contributed by atoms with E-state index in [-0.39, 0.29) is 29.8 Å². The Morgan fingerprint density at radius 2 is 1.59 bits per heavy atom. The van der Waals surface area contributed by atoms with Crippen LogP contribution in [-0.4, -0.2) is 35.9 Å². The highest BCUT2D eigenvalue weighted by molar-refractivity contribution is 8.00. The van der Waals surface area contributed by atoms with Crippen molar-refractivity contribution in [3.63, 3.8) is 0 Å². The average molecular weight is 416 g/mol. The zero-order chi connectivity index (χ0) is 20.6. The van der Waals surface area contributed by atoms with E-state index in [0.717, 1.165) is 31.0 Å². The first-order valence-electron chi connectivity index (χ1n) is 9.20. The summed E-state index contributed by atoms with van der Waals surface area (Å²) in [7, 11) is 0. The normalized spacial score (nSPS) is 12.2. The Kier molecular flexibility index (Phi) is 7.24. The third-order valence-electron chi connectivity index (χ3n) is 4.33. The summed E-state index contributed by atoms with van der Waals surface area (Å²) in [5, 5.41) is 5.31. The van der Waals surface area contributed by atoms with Crippen LogP contribution < -0.4 is 10.6 Å². The summed E-state index contributed by atoms with van der Waals surface area (Å²) in [4.78, 5) is 35.5. The first kappa shape index (κ1) is 20.9. The molecule has 0 radical (unpaired) electrons. The van der Waals surface area contributed by atoms with Gasteiger partial charge in [0.25, 0.3) is 5.91 Å². The molecular formula is C21H21FN2O4S. The van der Waals surface area contributed by atoms with E-state index >= 15 is 0 Å². The van der Waals surface area contributed by atoms with Crippen molar-refractivity contribution in [3.8, 4) is 0 Å². The number of halogens is 1. The highest BCUT2D eigenvalue weighted by Gasteiger charge is 2.13. The summed E-state index contributed by atoms with van der Waals surface area (Å²) in [5.41, 5.74) is 3.73. The molecule has 0 spiro atoms. The van der Waals surface area contributed by atoms with Crippen LogP contribution in [0.4, 0.5) is 15.8 Å². The van der Waals surface area contributed by atoms with Crippen LogP contribution >= 0.6 is 11.8 Å². The van der Waals surface area contributed by atoms with Gasteiger partial charge < -0.3 is 15.4 Å². The van der Waals surface area contributed by atoms with E-state index in [0.29, 0.717) is 11.4 Å². The third-order valence-corrected chi connectivity index (χ3v) is 5.23. The SMILES string of the molecule is O=C(COC(=O)CSCC(=O)Nc1ccc(F)cc1)Nc1ccc2c(c1)CCC2. The molecule has 0 saturated heterocycles. The summed E-state index contributed by atoms with van der Waals surface area (Å²) in [6, 6.07) is 11.2. The molecule has 0 unspecified atom stereocenters. The first-order valence-corrected chi connectivity index (χ1v) is 10.4. The number of ether oxygens (including phenoxy) is 1. The predicted octanol–water partition coefficient (Wildman–Crippen LogP) is 3.17. The monoisotopic (exact) mass is 416 g/mol. The number of thioether (sulfide) groups is 1. The lowest BCUT2D eigenvalue weighted by Gasteiger charge is -2.08. The van der Waals surface area contributed by atoms with E-state index in [1.54, 1.807) is 0 Å². The number of benzene rings is 2. The minimum atomic E-state index is -0.575. The van der Waals surface area contributed by atoms with Crippen LogP contribution in [0.2, 0.25) is 0 Å². The van der Waals surface area contributed by atoms with Gasteiger partial charge in [0.2, 0.25) is 5.91 Å². The van der Waals surface area contributed by atoms with Crippen molar-refractivity contribution < 1.29 is 23.5 Å². The highest BCUT2D eigenvalue weighted by Crippen LogP contribution is 2.24. The molecule has 0 saturated carbocycles. The molecule has 1 aliphatic carbocycles. The predicted molar refractivity (Wildman–Crippen MR) is 110 cm³/mol. The molecule has 3 rings (SSSR count). The van der Waals surface area contributed by atoms with Crippen molar-refractivity contribution in [3.05, 3.63) is 59.4 Å². The van der Waals surface area contributed by atoms with Gasteiger partial charge in [-0.2, -0.15) is 0 Å². The minimum Gasteiger partial charge on any atom is -0.455 e. The standard InChI is InChI=1S/C21H21FN2O4S/c22-16-5-8-17(9-6-16)23-20(26)12-29-13-21(27)28-11-19(25)24-18-7-4-14-2-1-3-15(14)10-18/h4-10H,1-3,11-13H2,(H,23,26)(H,24,25). The molecule has 0 aromatic heterocycles. The van der Waals surface area contributed by atoms with Gasteiger partial charge in [-0.15, -0.1) is 11.8 Å². The van der Waals surface area contributed by atoms with E-state index in [1.165, 1.54) is 35.4 Å². The lowest BCUT2D eigenvalue weighted by atomic mass is 10.1. The molecule has 6 nitrogen and oxygen atoms in total. The van der Waals surface area contributed by atoms with Gasteiger partial charge in [-0.3, -0.25) is 14.4 Å². The Morgan fingerprint density at radius 1 is 0.897 bits per heavy atom. The van der Waals surface area contributed by atoms with Crippen LogP contribution in [0.1, 0.15) is 17.5 Å². The minimum absolute atomic E-state index is 0.0355. The fourth-order valence-corrected chi connectivity index (χ4v) is 3.60. The Hall–Kier alpha value is -2.87. The van der Waals surface area contributed by atoms with Crippen LogP contribution in [0.25, 0.3) is 0 Å². The largest absolute Gasteiger partial charge is 0.455 e. The number of carbonyl (C=O) groups excluding carboxylic acids is 3. The second-order valence-corrected chi connectivity index (χ2v) is 7.58. The van der Waals surface area contributed by atoms with Crippen LogP contribution in [0, 0.1) is 5.82 Å². The summed E-state index contributed by atoms with van der Waals surface area (Å²) >= 11 is 1.07. The topological polar surface area (TPSA) is 84.5 Å². The molecule has 0 atom stereocenters. The molecule has 8 heteroatoms. The lowest BCUT2D eigenvalue weighted by Crippen LogP contribution is -2.22. The highest BCUT2D eigenvalue weighted by atomic mass is 32.2. The molecule has 29 heavy (non-hydrogen) atoms. The second kappa shape index (κ2) is 10.1. The molecule has 2 aromatic rings. The molecule has 0 aliphatic heterocycles. The number of esters is 1. The molecule has 1 aliphatic rings. The van der Waals surface area contributed by atoms with Gasteiger partial charge in [-0.05, 0) is 66.8 Å². The Morgan fingerprint density at radius 3 is 2.38 bits per heavy atom. The van der Waals surface area contributed by atoms with E-state index in [4.69, 9.17) is 4.74 Å². The number of rotatable bonds is 8. The number of fused-ring (bicyclic) bond motifs is 1. The van der Waals surface area contributed by atoms with E-state index in [9.17, 15) is 18.8 Å². The number of aryl methyl sites for hydroxylation is 2. The van der Waals surface area contributed by atoms with Crippen molar-refractivity contribution >= 4 is 40.9 Å². The summed E-state index contributed by atoms with van der Waals surface area (Å²) in [5.74, 6) is -1.70. The van der Waals surface area contributed by atoms with Gasteiger partial charge in [-0.25, -0.2) is 4.39 Å². The Balaban J connectivity index is 1.31. The van der Waals surface area contributed by atoms with Crippen molar-refractivity contribution in [2.75, 3.05) is 28.7 Å². The second-order valence-electron chi connectivity index (χ2n) is 6.59. The molecular weight excluding hydrogens is 395 g/mol. The van der Waals surface area contributed by atoms with Crippen LogP contribution in [0.5, 0.6) is 0 Å². The maximum atomic E-state index is 12.8. The smallest absolute Gasteiger partial charge is 0.316 e. The molecule has 0 fully saturated rings. The fourth-order valence-electron chi connectivity index (χ4n) is 2.99. The van der Waals surface area contributed by atoms with Crippen molar-refractivity contribution in [1.82, 2.24) is 0 Å². The number of carbonyl (C=O) groups is 3. The van der Waals surface area contributed by atoms with Crippen LogP contribution in [-0.2, 0) is 32.0 Å². The quantitative estimate of drug-likeness (QED) is 0.646. The number of hydrogen-bond acceptors (Lipinski definition) is 5. The molecule has 0 heterocycles. The Labute approximate surface area is 172 Å². The zero-order valence-electron chi connectivity index (χ0n) is 15.7. The third kappa shape index (κ3) is 6.60. The summed E-state index contributed by atoms with van der Waals surface area (Å²) < 4.78 is 17.8. The molecule has 2 amide bonds. The lowest BCUT2D eigenvalue weighted by molar-refractivity contribution is -0.144. The van der Waals surface area contributed by atoms with Crippen molar-refractivity contribution in [2.24, 2.45) is 0 Å². The fraction of sp³-hybridized carbons (Fsp3) is 0.286. The molecule has 152 valence electrons. The first-order chi connectivity index (χ1) is 14.0. The number of amides is 2. The van der Waals surface area contributed by atoms with Crippen LogP contribution in [0.3, 0.4) is 0 Å². The van der Waals surface area contributed by atoms with E-state index in [1.807, 2.05) is 18.2 Å². The average Bonchev–Trinajstić information content (AvgIpc) is 3.16. The number of nitrogens with one attached hydrogen (secondary N) is 2. The van der Waals surface area contributed by atoms with Crippen LogP contribution in [0.15, 0.2) is 42.5 Å². The Bertz CT molecular complexity index is 902. The number of anilines is 2. The summed E-state index contributed by atoms with van der Waals surface area (Å²) in [6.45, 7) is -0.377. The maximum absolute atomic E-state index is 12.8. The van der Waals surface area contributed by atoms with Gasteiger partial charge in [-0.1, -0.05) is 6.07 Å². The molecule has 2 aromatic carbocycles. The summed E-state index contributed by atoms with van der Waals surface area (Å²) in [6.07, 6.45) is 3.21. The van der Waals surface area contributed by atoms with Gasteiger partial charge in [0, 0.05) is 11.4 Å². The van der Waals surface area contributed by atoms with Crippen molar-refractivity contribution in [2.45, 2.75) is 19.3 Å². The van der Waals surface area contributed by atoms with E-state index in [2.05, 4.69) is 10.6 Å². The molecule has 2 N–H and O–H groups in total. The van der Waals surface area contributed by atoms with E-state index < -0.39 is 11.9 Å². The van der Waals surface area contributed by atoms with Gasteiger partial charge in [0.15, 0.2) is 6.61 Å². The molecule has 0 bridgehead atoms. The zero-order valence-corrected chi connectivity index (χ0v) is 16.5. The van der Waals surface area contributed by atoms with Gasteiger partial charge in [0.05, 0.1) is 11.5 Å². The van der Waals surface area contributed by atoms with Gasteiger partial charge in [0.1, 0.15) is 5.82 Å². The maximum Gasteiger partial charge on any atom is 0.316 e. The van der Waals surface area contributed by atoms with Crippen molar-refractivity contribution in [1.29, 1.82) is 0 Å².